The molecule has 0 spiro atoms. The summed E-state index contributed by atoms with van der Waals surface area (Å²) >= 11 is 0. The third kappa shape index (κ3) is 2.08. The Labute approximate surface area is 113 Å². The topological polar surface area (TPSA) is 57.0 Å². The Balaban J connectivity index is 2.11. The van der Waals surface area contributed by atoms with Gasteiger partial charge in [-0.05, 0) is 29.3 Å². The number of benzene rings is 1. The first-order chi connectivity index (χ1) is 9.19. The van der Waals surface area contributed by atoms with Crippen LogP contribution in [0.25, 0.3) is 12.3 Å². The molecule has 1 aromatic carbocycles. The lowest BCUT2D eigenvalue weighted by molar-refractivity contribution is 0.414. The van der Waals surface area contributed by atoms with E-state index in [0.717, 1.165) is 22.7 Å². The van der Waals surface area contributed by atoms with Gasteiger partial charge >= 0.3 is 0 Å². The van der Waals surface area contributed by atoms with Gasteiger partial charge in [0.15, 0.2) is 0 Å². The summed E-state index contributed by atoms with van der Waals surface area (Å²) in [6.45, 7) is 0. The third-order valence-corrected chi connectivity index (χ3v) is 3.89. The van der Waals surface area contributed by atoms with Crippen molar-refractivity contribution >= 4 is 23.1 Å². The summed E-state index contributed by atoms with van der Waals surface area (Å²) in [4.78, 5) is 0. The third-order valence-electron chi connectivity index (χ3n) is 3.09. The molecule has 1 aliphatic rings. The van der Waals surface area contributed by atoms with Gasteiger partial charge in [0, 0.05) is 18.9 Å². The monoisotopic (exact) mass is 275 g/mol. The van der Waals surface area contributed by atoms with Crippen LogP contribution in [0.2, 0.25) is 0 Å². The van der Waals surface area contributed by atoms with Crippen molar-refractivity contribution in [3.05, 3.63) is 35.2 Å². The van der Waals surface area contributed by atoms with Gasteiger partial charge in [0.25, 0.3) is 0 Å². The molecule has 1 aliphatic heterocycles. The van der Waals surface area contributed by atoms with Crippen LogP contribution < -0.4 is 4.74 Å². The maximum Gasteiger partial charge on any atom is 0.225 e. The van der Waals surface area contributed by atoms with E-state index < -0.39 is 10.8 Å². The Hall–Kier alpha value is -1.95. The molecule has 1 atom stereocenters. The van der Waals surface area contributed by atoms with Crippen molar-refractivity contribution in [1.29, 1.82) is 0 Å². The van der Waals surface area contributed by atoms with Gasteiger partial charge in [-0.25, -0.2) is 0 Å². The first-order valence-electron chi connectivity index (χ1n) is 5.81. The van der Waals surface area contributed by atoms with E-state index in [9.17, 15) is 4.21 Å². The second-order valence-electron chi connectivity index (χ2n) is 4.28. The number of aromatic nitrogens is 3. The van der Waals surface area contributed by atoms with Crippen LogP contribution in [0.1, 0.15) is 17.0 Å². The van der Waals surface area contributed by atoms with E-state index in [4.69, 9.17) is 4.74 Å². The molecule has 0 fully saturated rings. The van der Waals surface area contributed by atoms with Gasteiger partial charge in [-0.1, -0.05) is 6.07 Å². The van der Waals surface area contributed by atoms with Crippen LogP contribution in [-0.2, 0) is 17.2 Å². The van der Waals surface area contributed by atoms with E-state index in [1.54, 1.807) is 17.9 Å². The van der Waals surface area contributed by atoms with Crippen LogP contribution in [-0.4, -0.2) is 32.3 Å². The van der Waals surface area contributed by atoms with E-state index in [2.05, 4.69) is 10.2 Å². The van der Waals surface area contributed by atoms with Crippen molar-refractivity contribution in [3.8, 4) is 5.75 Å². The Morgan fingerprint density at radius 1 is 1.37 bits per heavy atom. The van der Waals surface area contributed by atoms with Gasteiger partial charge in [-0.2, -0.15) is 0 Å². The predicted molar refractivity (Wildman–Crippen MR) is 73.4 cm³/mol. The molecule has 5 nitrogen and oxygen atoms in total. The van der Waals surface area contributed by atoms with Crippen LogP contribution in [0.4, 0.5) is 0 Å². The number of hydrogen-bond donors (Lipinski definition) is 0. The molecule has 3 rings (SSSR count). The zero-order chi connectivity index (χ0) is 13.4. The maximum absolute atomic E-state index is 11.6. The lowest BCUT2D eigenvalue weighted by Crippen LogP contribution is -2.01. The number of methoxy groups -OCH3 is 1. The Morgan fingerprint density at radius 3 is 2.95 bits per heavy atom. The molecule has 0 N–H and O–H groups in total. The first-order valence-corrected chi connectivity index (χ1v) is 7.37. The molecule has 1 unspecified atom stereocenters. The minimum absolute atomic E-state index is 0.478. The second-order valence-corrected chi connectivity index (χ2v) is 5.55. The first kappa shape index (κ1) is 12.1. The zero-order valence-electron chi connectivity index (χ0n) is 10.7. The molecule has 0 saturated heterocycles. The van der Waals surface area contributed by atoms with Gasteiger partial charge in [0.1, 0.15) is 11.6 Å². The van der Waals surface area contributed by atoms with E-state index in [0.29, 0.717) is 11.6 Å². The highest BCUT2D eigenvalue weighted by atomic mass is 32.2. The van der Waals surface area contributed by atoms with Crippen molar-refractivity contribution in [2.24, 2.45) is 0 Å². The highest BCUT2D eigenvalue weighted by Crippen LogP contribution is 2.25. The molecule has 1 aromatic heterocycles. The largest absolute Gasteiger partial charge is 0.497 e. The van der Waals surface area contributed by atoms with Gasteiger partial charge in [-0.3, -0.25) is 8.78 Å². The Bertz CT molecular complexity index is 691. The summed E-state index contributed by atoms with van der Waals surface area (Å²) in [5, 5.41) is 8.58. The molecule has 0 amide bonds. The highest BCUT2D eigenvalue weighted by Gasteiger charge is 2.17. The molecule has 0 aliphatic carbocycles. The van der Waals surface area contributed by atoms with Crippen molar-refractivity contribution in [2.75, 3.05) is 13.4 Å². The van der Waals surface area contributed by atoms with Gasteiger partial charge in [0.05, 0.1) is 17.9 Å². The molecule has 2 aromatic rings. The molecule has 19 heavy (non-hydrogen) atoms. The molecule has 98 valence electrons. The molecular weight excluding hydrogens is 262 g/mol. The van der Waals surface area contributed by atoms with E-state index in [1.807, 2.05) is 30.5 Å². The number of rotatable bonds is 2. The fourth-order valence-corrected chi connectivity index (χ4v) is 2.72. The number of hydrogen-bond acceptors (Lipinski definition) is 4. The van der Waals surface area contributed by atoms with E-state index >= 15 is 0 Å². The minimum Gasteiger partial charge on any atom is -0.497 e. The van der Waals surface area contributed by atoms with Crippen molar-refractivity contribution < 1.29 is 8.95 Å². The maximum atomic E-state index is 11.6. The molecule has 0 bridgehead atoms. The fraction of sp³-hybridized carbons (Fsp3) is 0.231. The van der Waals surface area contributed by atoms with Crippen LogP contribution in [0.15, 0.2) is 23.4 Å². The Morgan fingerprint density at radius 2 is 2.21 bits per heavy atom. The van der Waals surface area contributed by atoms with Gasteiger partial charge < -0.3 is 4.74 Å². The van der Waals surface area contributed by atoms with Crippen LogP contribution in [0.5, 0.6) is 5.75 Å². The van der Waals surface area contributed by atoms with E-state index in [1.165, 1.54) is 0 Å². The summed E-state index contributed by atoms with van der Waals surface area (Å²) in [6.07, 6.45) is 6.09. The van der Waals surface area contributed by atoms with Crippen LogP contribution >= 0.6 is 0 Å². The molecule has 0 saturated carbocycles. The summed E-state index contributed by atoms with van der Waals surface area (Å²) in [6, 6.07) is 5.92. The predicted octanol–water partition coefficient (Wildman–Crippen LogP) is 1.56. The quantitative estimate of drug-likeness (QED) is 0.712. The fourth-order valence-electron chi connectivity index (χ4n) is 2.12. The lowest BCUT2D eigenvalue weighted by atomic mass is 10.0. The normalized spacial score (nSPS) is 14.4. The smallest absolute Gasteiger partial charge is 0.225 e. The minimum atomic E-state index is -1.15. The van der Waals surface area contributed by atoms with Crippen molar-refractivity contribution in [3.63, 3.8) is 0 Å². The van der Waals surface area contributed by atoms with Crippen molar-refractivity contribution in [2.45, 2.75) is 11.6 Å². The summed E-state index contributed by atoms with van der Waals surface area (Å²) in [7, 11) is 0.495. The standard InChI is InChI=1S/C13H13N3O2S/c1-18-11-4-3-9-5-6-16-12(8-10(9)7-11)14-15-13(16)19(2)17/h3-7H,8H2,1-2H3. The average Bonchev–Trinajstić information content (AvgIpc) is 2.72. The number of fused-ring (bicyclic) bond motifs is 2. The highest BCUT2D eigenvalue weighted by molar-refractivity contribution is 7.84. The molecule has 0 radical (unpaired) electrons. The number of nitrogens with zero attached hydrogens (tertiary/aromatic N) is 3. The summed E-state index contributed by atoms with van der Waals surface area (Å²) < 4.78 is 18.6. The zero-order valence-corrected chi connectivity index (χ0v) is 11.5. The molecule has 6 heteroatoms. The molecule has 2 heterocycles. The summed E-state index contributed by atoms with van der Waals surface area (Å²) in [5.41, 5.74) is 2.23. The number of ether oxygens (including phenoxy) is 1. The van der Waals surface area contributed by atoms with Crippen molar-refractivity contribution in [1.82, 2.24) is 14.8 Å². The van der Waals surface area contributed by atoms with Crippen LogP contribution in [0, 0.1) is 0 Å². The van der Waals surface area contributed by atoms with Crippen LogP contribution in [0.3, 0.4) is 0 Å². The van der Waals surface area contributed by atoms with E-state index in [-0.39, 0.29) is 0 Å². The molecular formula is C13H13N3O2S. The van der Waals surface area contributed by atoms with Gasteiger partial charge in [0.2, 0.25) is 5.16 Å². The lowest BCUT2D eigenvalue weighted by Gasteiger charge is -2.05. The average molecular weight is 275 g/mol. The van der Waals surface area contributed by atoms with Gasteiger partial charge in [-0.15, -0.1) is 10.2 Å². The Kier molecular flexibility index (Phi) is 2.94. The summed E-state index contributed by atoms with van der Waals surface area (Å²) in [5.74, 6) is 1.60. The SMILES string of the molecule is COc1ccc2c(c1)Cc1nnc(S(C)=O)n1C=C2. The second kappa shape index (κ2) is 4.62.